The van der Waals surface area contributed by atoms with Gasteiger partial charge in [0.15, 0.2) is 0 Å². The molecule has 8 heteroatoms. The molecule has 2 aromatic rings. The van der Waals surface area contributed by atoms with Crippen molar-refractivity contribution >= 4 is 27.5 Å². The van der Waals surface area contributed by atoms with Gasteiger partial charge in [0.1, 0.15) is 12.6 Å². The van der Waals surface area contributed by atoms with Gasteiger partial charge in [-0.2, -0.15) is 0 Å². The average Bonchev–Trinajstić information content (AvgIpc) is 2.93. The molecular weight excluding hydrogens is 534 g/mol. The Kier molecular flexibility index (Phi) is 8.51. The molecule has 4 saturated carbocycles. The van der Waals surface area contributed by atoms with Crippen molar-refractivity contribution in [3.05, 3.63) is 65.7 Å². The SMILES string of the molecule is CC[C@@H](C)NC(=O)[C@H](C)N(Cc1ccccc1)C(=O)CN(c1ccc(C23CC4CC(CC(C4)C2)C3)cc1)S(C)(=O)=O. The molecule has 2 aromatic carbocycles. The summed E-state index contributed by atoms with van der Waals surface area (Å²) in [6, 6.07) is 16.6. The molecule has 0 radical (unpaired) electrons. The highest BCUT2D eigenvalue weighted by molar-refractivity contribution is 7.92. The topological polar surface area (TPSA) is 86.8 Å². The van der Waals surface area contributed by atoms with Crippen molar-refractivity contribution in [3.63, 3.8) is 0 Å². The molecule has 4 aliphatic carbocycles. The summed E-state index contributed by atoms with van der Waals surface area (Å²) in [7, 11) is -3.76. The highest BCUT2D eigenvalue weighted by Crippen LogP contribution is 2.60. The molecule has 0 spiro atoms. The second kappa shape index (κ2) is 11.8. The quantitative estimate of drug-likeness (QED) is 0.394. The van der Waals surface area contributed by atoms with Crippen LogP contribution in [0.15, 0.2) is 54.6 Å². The second-order valence-corrected chi connectivity index (χ2v) is 14.9. The molecule has 4 bridgehead atoms. The third-order valence-electron chi connectivity index (χ3n) is 9.85. The van der Waals surface area contributed by atoms with E-state index in [0.717, 1.165) is 36.0 Å². The van der Waals surface area contributed by atoms with E-state index in [0.29, 0.717) is 5.69 Å². The monoisotopic (exact) mass is 579 g/mol. The number of sulfonamides is 1. The molecule has 0 aromatic heterocycles. The number of rotatable bonds is 11. The van der Waals surface area contributed by atoms with Crippen LogP contribution in [0.25, 0.3) is 0 Å². The Balaban J connectivity index is 1.37. The van der Waals surface area contributed by atoms with Gasteiger partial charge in [0, 0.05) is 12.6 Å². The number of carbonyl (C=O) groups excluding carboxylic acids is 2. The van der Waals surface area contributed by atoms with Crippen molar-refractivity contribution in [3.8, 4) is 0 Å². The van der Waals surface area contributed by atoms with E-state index in [1.807, 2.05) is 56.3 Å². The van der Waals surface area contributed by atoms with E-state index in [1.54, 1.807) is 6.92 Å². The van der Waals surface area contributed by atoms with Crippen LogP contribution < -0.4 is 9.62 Å². The van der Waals surface area contributed by atoms with Gasteiger partial charge in [-0.25, -0.2) is 8.42 Å². The summed E-state index contributed by atoms with van der Waals surface area (Å²) >= 11 is 0. The Bertz CT molecular complexity index is 1310. The van der Waals surface area contributed by atoms with Crippen LogP contribution in [-0.2, 0) is 31.6 Å². The van der Waals surface area contributed by atoms with Gasteiger partial charge in [-0.15, -0.1) is 0 Å². The summed E-state index contributed by atoms with van der Waals surface area (Å²) in [6.45, 7) is 5.44. The summed E-state index contributed by atoms with van der Waals surface area (Å²) in [6.07, 6.45) is 9.71. The first-order valence-electron chi connectivity index (χ1n) is 15.2. The predicted octanol–water partition coefficient (Wildman–Crippen LogP) is 5.25. The Morgan fingerprint density at radius 1 is 0.927 bits per heavy atom. The number of anilines is 1. The van der Waals surface area contributed by atoms with E-state index in [1.165, 1.54) is 53.3 Å². The van der Waals surface area contributed by atoms with E-state index >= 15 is 0 Å². The minimum Gasteiger partial charge on any atom is -0.352 e. The van der Waals surface area contributed by atoms with Crippen LogP contribution in [0.5, 0.6) is 0 Å². The van der Waals surface area contributed by atoms with Crippen molar-refractivity contribution in [1.29, 1.82) is 0 Å². The Morgan fingerprint density at radius 3 is 2.00 bits per heavy atom. The lowest BCUT2D eigenvalue weighted by atomic mass is 9.48. The van der Waals surface area contributed by atoms with Crippen LogP contribution in [0.2, 0.25) is 0 Å². The van der Waals surface area contributed by atoms with Gasteiger partial charge in [-0.1, -0.05) is 49.4 Å². The van der Waals surface area contributed by atoms with Gasteiger partial charge in [-0.3, -0.25) is 13.9 Å². The predicted molar refractivity (Wildman–Crippen MR) is 163 cm³/mol. The van der Waals surface area contributed by atoms with Crippen molar-refractivity contribution in [2.45, 2.75) is 89.8 Å². The maximum absolute atomic E-state index is 13.8. The minimum atomic E-state index is -3.76. The first-order chi connectivity index (χ1) is 19.5. The van der Waals surface area contributed by atoms with Crippen LogP contribution in [0, 0.1) is 17.8 Å². The molecule has 7 nitrogen and oxygen atoms in total. The van der Waals surface area contributed by atoms with Gasteiger partial charge in [0.2, 0.25) is 21.8 Å². The van der Waals surface area contributed by atoms with Crippen molar-refractivity contribution in [2.75, 3.05) is 17.1 Å². The molecule has 0 aliphatic heterocycles. The number of benzene rings is 2. The Morgan fingerprint density at radius 2 is 1.49 bits per heavy atom. The smallest absolute Gasteiger partial charge is 0.244 e. The molecule has 0 unspecified atom stereocenters. The fraction of sp³-hybridized carbons (Fsp3) is 0.576. The number of amides is 2. The van der Waals surface area contributed by atoms with Crippen LogP contribution in [-0.4, -0.2) is 50.0 Å². The lowest BCUT2D eigenvalue weighted by Crippen LogP contribution is -2.52. The maximum Gasteiger partial charge on any atom is 0.244 e. The van der Waals surface area contributed by atoms with Crippen LogP contribution >= 0.6 is 0 Å². The van der Waals surface area contributed by atoms with E-state index < -0.39 is 22.0 Å². The maximum atomic E-state index is 13.8. The van der Waals surface area contributed by atoms with E-state index in [-0.39, 0.29) is 30.5 Å². The van der Waals surface area contributed by atoms with E-state index in [4.69, 9.17) is 0 Å². The zero-order chi connectivity index (χ0) is 29.4. The Labute approximate surface area is 245 Å². The number of carbonyl (C=O) groups is 2. The Hall–Kier alpha value is -2.87. The van der Waals surface area contributed by atoms with Gasteiger partial charge < -0.3 is 10.2 Å². The molecule has 222 valence electrons. The van der Waals surface area contributed by atoms with Gasteiger partial charge in [-0.05, 0) is 105 Å². The summed E-state index contributed by atoms with van der Waals surface area (Å²) in [5, 5.41) is 2.96. The summed E-state index contributed by atoms with van der Waals surface area (Å²) < 4.78 is 27.2. The molecule has 6 rings (SSSR count). The van der Waals surface area contributed by atoms with Crippen molar-refractivity contribution in [2.24, 2.45) is 17.8 Å². The van der Waals surface area contributed by atoms with Crippen molar-refractivity contribution in [1.82, 2.24) is 10.2 Å². The molecule has 2 amide bonds. The fourth-order valence-corrected chi connectivity index (χ4v) is 8.74. The lowest BCUT2D eigenvalue weighted by molar-refractivity contribution is -0.139. The van der Waals surface area contributed by atoms with E-state index in [2.05, 4.69) is 17.4 Å². The normalized spacial score (nSPS) is 26.3. The first-order valence-corrected chi connectivity index (χ1v) is 17.0. The highest BCUT2D eigenvalue weighted by atomic mass is 32.2. The fourth-order valence-electron chi connectivity index (χ4n) is 7.89. The zero-order valence-corrected chi connectivity index (χ0v) is 25.7. The summed E-state index contributed by atoms with van der Waals surface area (Å²) in [5.41, 5.74) is 2.87. The largest absolute Gasteiger partial charge is 0.352 e. The molecule has 41 heavy (non-hydrogen) atoms. The zero-order valence-electron chi connectivity index (χ0n) is 24.9. The molecule has 4 fully saturated rings. The molecule has 0 heterocycles. The number of nitrogens with one attached hydrogen (secondary N) is 1. The number of hydrogen-bond donors (Lipinski definition) is 1. The highest BCUT2D eigenvalue weighted by Gasteiger charge is 2.51. The standard InChI is InChI=1S/C33H45N3O4S/c1-5-23(2)34-32(38)24(3)35(21-25-9-7-6-8-10-25)31(37)22-36(41(4,39)40)30-13-11-29(12-14-30)33-18-26-15-27(19-33)17-28(16-26)20-33/h6-14,23-24,26-28H,5,15-22H2,1-4H3,(H,34,38)/t23-,24+,26?,27?,28?,33?/m1/s1. The van der Waals surface area contributed by atoms with Gasteiger partial charge in [0.25, 0.3) is 0 Å². The van der Waals surface area contributed by atoms with Crippen LogP contribution in [0.1, 0.15) is 76.8 Å². The van der Waals surface area contributed by atoms with Crippen molar-refractivity contribution < 1.29 is 18.0 Å². The average molecular weight is 580 g/mol. The van der Waals surface area contributed by atoms with Crippen LogP contribution in [0.3, 0.4) is 0 Å². The first kappa shape index (κ1) is 29.6. The summed E-state index contributed by atoms with van der Waals surface area (Å²) in [5.74, 6) is 1.79. The summed E-state index contributed by atoms with van der Waals surface area (Å²) in [4.78, 5) is 28.4. The number of hydrogen-bond acceptors (Lipinski definition) is 4. The van der Waals surface area contributed by atoms with Gasteiger partial charge in [0.05, 0.1) is 11.9 Å². The third kappa shape index (κ3) is 6.47. The minimum absolute atomic E-state index is 0.0290. The van der Waals surface area contributed by atoms with E-state index in [9.17, 15) is 18.0 Å². The van der Waals surface area contributed by atoms with Gasteiger partial charge >= 0.3 is 0 Å². The molecule has 4 aliphatic rings. The third-order valence-corrected chi connectivity index (χ3v) is 11.0. The lowest BCUT2D eigenvalue weighted by Gasteiger charge is -2.57. The molecule has 2 atom stereocenters. The molecule has 0 saturated heterocycles. The molecule has 1 N–H and O–H groups in total. The number of nitrogens with zero attached hydrogens (tertiary/aromatic N) is 2. The molecular formula is C33H45N3O4S. The van der Waals surface area contributed by atoms with Crippen LogP contribution in [0.4, 0.5) is 5.69 Å². The second-order valence-electron chi connectivity index (χ2n) is 13.0.